The quantitative estimate of drug-likeness (QED) is 0.659. The number of nitrogens with one attached hydrogen (secondary N) is 2. The molecule has 0 saturated carbocycles. The first-order chi connectivity index (χ1) is 15.1. The molecule has 0 radical (unpaired) electrons. The van der Waals surface area contributed by atoms with E-state index >= 15 is 0 Å². The van der Waals surface area contributed by atoms with Crippen molar-refractivity contribution in [3.8, 4) is 0 Å². The number of benzene rings is 2. The van der Waals surface area contributed by atoms with Crippen molar-refractivity contribution in [1.82, 2.24) is 20.2 Å². The van der Waals surface area contributed by atoms with Gasteiger partial charge in [0.1, 0.15) is 5.82 Å². The molecule has 0 spiro atoms. The first-order valence-corrected chi connectivity index (χ1v) is 11.0. The molecule has 2 aliphatic rings. The fraction of sp³-hybridized carbons (Fsp3) is 0.417. The van der Waals surface area contributed by atoms with E-state index in [1.807, 2.05) is 42.2 Å². The summed E-state index contributed by atoms with van der Waals surface area (Å²) in [5, 5.41) is 3.69. The van der Waals surface area contributed by atoms with E-state index in [1.165, 1.54) is 11.6 Å². The number of imidazole rings is 1. The van der Waals surface area contributed by atoms with Crippen molar-refractivity contribution in [2.75, 3.05) is 19.8 Å². The molecule has 162 valence electrons. The first-order valence-electron chi connectivity index (χ1n) is 11.0. The molecule has 2 N–H and O–H groups in total. The van der Waals surface area contributed by atoms with Gasteiger partial charge in [-0.05, 0) is 61.6 Å². The number of hydrogen-bond acceptors (Lipinski definition) is 4. The molecule has 1 aromatic heterocycles. The number of aryl methyl sites for hydroxylation is 1. The molecule has 31 heavy (non-hydrogen) atoms. The zero-order valence-electron chi connectivity index (χ0n) is 17.6. The van der Waals surface area contributed by atoms with E-state index in [-0.39, 0.29) is 29.8 Å². The molecule has 5 rings (SSSR count). The van der Waals surface area contributed by atoms with E-state index in [1.54, 1.807) is 6.07 Å². The van der Waals surface area contributed by atoms with Crippen LogP contribution >= 0.6 is 0 Å². The number of amides is 1. The molecule has 0 bridgehead atoms. The van der Waals surface area contributed by atoms with Gasteiger partial charge in [-0.2, -0.15) is 0 Å². The maximum absolute atomic E-state index is 13.5. The molecule has 3 aromatic rings. The van der Waals surface area contributed by atoms with E-state index in [4.69, 9.17) is 4.74 Å². The summed E-state index contributed by atoms with van der Waals surface area (Å²) >= 11 is 0. The van der Waals surface area contributed by atoms with Gasteiger partial charge in [-0.1, -0.05) is 18.2 Å². The Bertz CT molecular complexity index is 1070. The third kappa shape index (κ3) is 3.95. The topological polar surface area (TPSA) is 70.2 Å². The van der Waals surface area contributed by atoms with Gasteiger partial charge in [0.05, 0.1) is 30.3 Å². The minimum Gasteiger partial charge on any atom is -0.378 e. The maximum Gasteiger partial charge on any atom is 0.289 e. The number of H-pyrrole nitrogens is 1. The van der Waals surface area contributed by atoms with Crippen LogP contribution in [-0.2, 0) is 11.2 Å². The van der Waals surface area contributed by atoms with E-state index in [9.17, 15) is 9.18 Å². The van der Waals surface area contributed by atoms with Gasteiger partial charge >= 0.3 is 0 Å². The highest BCUT2D eigenvalue weighted by Gasteiger charge is 2.33. The molecular weight excluding hydrogens is 395 g/mol. The van der Waals surface area contributed by atoms with Gasteiger partial charge in [-0.3, -0.25) is 4.79 Å². The molecule has 2 heterocycles. The number of aromatic amines is 1. The number of aromatic nitrogens is 2. The molecule has 1 aliphatic heterocycles. The number of halogens is 1. The van der Waals surface area contributed by atoms with Gasteiger partial charge < -0.3 is 19.9 Å². The first kappa shape index (κ1) is 20.2. The summed E-state index contributed by atoms with van der Waals surface area (Å²) in [6.45, 7) is 3.70. The van der Waals surface area contributed by atoms with Crippen molar-refractivity contribution in [2.24, 2.45) is 0 Å². The number of nitrogens with zero attached hydrogens (tertiary/aromatic N) is 2. The molecule has 1 aliphatic carbocycles. The maximum atomic E-state index is 13.5. The number of fused-ring (bicyclic) bond motifs is 2. The van der Waals surface area contributed by atoms with Crippen LogP contribution in [0.2, 0.25) is 0 Å². The van der Waals surface area contributed by atoms with Gasteiger partial charge in [0.25, 0.3) is 5.91 Å². The van der Waals surface area contributed by atoms with Crippen molar-refractivity contribution in [2.45, 2.75) is 44.3 Å². The Hall–Kier alpha value is -2.77. The van der Waals surface area contributed by atoms with Crippen molar-refractivity contribution >= 4 is 16.9 Å². The normalized spacial score (nSPS) is 23.1. The number of carbonyl (C=O) groups is 1. The lowest BCUT2D eigenvalue weighted by atomic mass is 10.0. The van der Waals surface area contributed by atoms with E-state index in [0.717, 1.165) is 35.9 Å². The van der Waals surface area contributed by atoms with Crippen LogP contribution in [0.1, 0.15) is 47.6 Å². The van der Waals surface area contributed by atoms with Gasteiger partial charge in [0, 0.05) is 18.6 Å². The van der Waals surface area contributed by atoms with Crippen LogP contribution in [0.15, 0.2) is 42.5 Å². The fourth-order valence-corrected chi connectivity index (χ4v) is 4.95. The minimum absolute atomic E-state index is 0.0222. The summed E-state index contributed by atoms with van der Waals surface area (Å²) < 4.78 is 19.4. The highest BCUT2D eigenvalue weighted by molar-refractivity contribution is 5.94. The summed E-state index contributed by atoms with van der Waals surface area (Å²) in [5.41, 5.74) is 3.91. The lowest BCUT2D eigenvalue weighted by Gasteiger charge is -2.37. The largest absolute Gasteiger partial charge is 0.378 e. The Morgan fingerprint density at radius 2 is 2.16 bits per heavy atom. The van der Waals surface area contributed by atoms with Crippen LogP contribution in [0.3, 0.4) is 0 Å². The molecular formula is C24H27FN4O2. The second-order valence-corrected chi connectivity index (χ2v) is 8.42. The Balaban J connectivity index is 1.28. The van der Waals surface area contributed by atoms with Gasteiger partial charge in [-0.25, -0.2) is 9.37 Å². The molecule has 6 nitrogen and oxygen atoms in total. The highest BCUT2D eigenvalue weighted by Crippen LogP contribution is 2.32. The highest BCUT2D eigenvalue weighted by atomic mass is 19.1. The number of likely N-dealkylation sites (N-methyl/N-ethyl adjacent to an activating group) is 1. The third-order valence-electron chi connectivity index (χ3n) is 6.44. The molecule has 7 heteroatoms. The third-order valence-corrected chi connectivity index (χ3v) is 6.44. The smallest absolute Gasteiger partial charge is 0.289 e. The molecule has 3 atom stereocenters. The van der Waals surface area contributed by atoms with Crippen LogP contribution < -0.4 is 5.32 Å². The fourth-order valence-electron chi connectivity index (χ4n) is 4.95. The van der Waals surface area contributed by atoms with E-state index in [0.29, 0.717) is 25.6 Å². The lowest BCUT2D eigenvalue weighted by Crippen LogP contribution is -2.52. The van der Waals surface area contributed by atoms with E-state index < -0.39 is 0 Å². The van der Waals surface area contributed by atoms with Crippen molar-refractivity contribution < 1.29 is 13.9 Å². The average molecular weight is 423 g/mol. The molecule has 1 saturated heterocycles. The van der Waals surface area contributed by atoms with Crippen LogP contribution in [0.5, 0.6) is 0 Å². The van der Waals surface area contributed by atoms with Gasteiger partial charge in [0.2, 0.25) is 0 Å². The summed E-state index contributed by atoms with van der Waals surface area (Å²) in [7, 11) is 0. The minimum atomic E-state index is -0.178. The second-order valence-electron chi connectivity index (χ2n) is 8.42. The number of hydrogen-bond donors (Lipinski definition) is 2. The summed E-state index contributed by atoms with van der Waals surface area (Å²) in [6.07, 6.45) is 2.65. The number of carbonyl (C=O) groups excluding carboxylic acids is 1. The van der Waals surface area contributed by atoms with Gasteiger partial charge in [-0.15, -0.1) is 0 Å². The van der Waals surface area contributed by atoms with Gasteiger partial charge in [0.15, 0.2) is 5.82 Å². The Morgan fingerprint density at radius 3 is 3.00 bits per heavy atom. The van der Waals surface area contributed by atoms with Crippen molar-refractivity contribution in [3.05, 3.63) is 65.2 Å². The van der Waals surface area contributed by atoms with Crippen LogP contribution in [0.4, 0.5) is 4.39 Å². The van der Waals surface area contributed by atoms with E-state index in [2.05, 4.69) is 15.3 Å². The monoisotopic (exact) mass is 422 g/mol. The Kier molecular flexibility index (Phi) is 5.46. The van der Waals surface area contributed by atoms with Crippen molar-refractivity contribution in [1.29, 1.82) is 0 Å². The SMILES string of the molecule is CCN(C(=O)c1nc2ccccc2[nH]1)C1COCC(N[C@@H]2CCc3cc(F)ccc32)C1. The zero-order valence-corrected chi connectivity index (χ0v) is 17.6. The zero-order chi connectivity index (χ0) is 21.4. The van der Waals surface area contributed by atoms with Crippen LogP contribution in [0, 0.1) is 5.82 Å². The van der Waals surface area contributed by atoms with Crippen LogP contribution in [0.25, 0.3) is 11.0 Å². The van der Waals surface area contributed by atoms with Crippen molar-refractivity contribution in [3.63, 3.8) is 0 Å². The van der Waals surface area contributed by atoms with Crippen LogP contribution in [-0.4, -0.2) is 52.6 Å². The number of ether oxygens (including phenoxy) is 1. The number of para-hydroxylation sites is 2. The standard InChI is InChI=1S/C24H27FN4O2/c1-2-29(24(30)23-27-21-5-3-4-6-22(21)28-23)18-12-17(13-31-14-18)26-20-10-7-15-11-16(25)8-9-19(15)20/h3-6,8-9,11,17-18,20,26H,2,7,10,12-14H2,1H3,(H,27,28)/t17?,18?,20-/m1/s1. The Morgan fingerprint density at radius 1 is 1.29 bits per heavy atom. The lowest BCUT2D eigenvalue weighted by molar-refractivity contribution is 0.000714. The number of rotatable bonds is 5. The summed E-state index contributed by atoms with van der Waals surface area (Å²) in [6, 6.07) is 13.0. The summed E-state index contributed by atoms with van der Waals surface area (Å²) in [4.78, 5) is 22.7. The predicted molar refractivity (Wildman–Crippen MR) is 116 cm³/mol. The Labute approximate surface area is 180 Å². The predicted octanol–water partition coefficient (Wildman–Crippen LogP) is 3.60. The molecule has 2 aromatic carbocycles. The molecule has 1 amide bonds. The second kappa shape index (κ2) is 8.40. The summed E-state index contributed by atoms with van der Waals surface area (Å²) in [5.74, 6) is 0.0858. The molecule has 1 fully saturated rings. The molecule has 2 unspecified atom stereocenters. The average Bonchev–Trinajstić information content (AvgIpc) is 3.38.